The van der Waals surface area contributed by atoms with E-state index in [1.165, 1.54) is 11.3 Å². The predicted molar refractivity (Wildman–Crippen MR) is 91.8 cm³/mol. The highest BCUT2D eigenvalue weighted by Gasteiger charge is 2.22. The molecular weight excluding hydrogens is 264 g/mol. The summed E-state index contributed by atoms with van der Waals surface area (Å²) >= 11 is 2.10. The minimum absolute atomic E-state index is 0.174. The molecule has 0 aliphatic carbocycles. The first kappa shape index (κ1) is 15.7. The van der Waals surface area contributed by atoms with Crippen LogP contribution in [0.5, 0.6) is 0 Å². The van der Waals surface area contributed by atoms with Crippen LogP contribution in [0.15, 0.2) is 24.3 Å². The van der Waals surface area contributed by atoms with Crippen LogP contribution in [-0.4, -0.2) is 29.1 Å². The molecule has 2 rings (SSSR count). The Hall–Kier alpha value is -0.670. The largest absolute Gasteiger partial charge is 0.369 e. The van der Waals surface area contributed by atoms with Gasteiger partial charge < -0.3 is 10.2 Å². The quantitative estimate of drug-likeness (QED) is 0.909. The van der Waals surface area contributed by atoms with Crippen molar-refractivity contribution in [3.8, 4) is 0 Å². The summed E-state index contributed by atoms with van der Waals surface area (Å²) in [7, 11) is 0. The van der Waals surface area contributed by atoms with Gasteiger partial charge in [-0.15, -0.1) is 0 Å². The van der Waals surface area contributed by atoms with Crippen LogP contribution in [-0.2, 0) is 6.54 Å². The Morgan fingerprint density at radius 3 is 2.15 bits per heavy atom. The molecule has 20 heavy (non-hydrogen) atoms. The fourth-order valence-corrected chi connectivity index (χ4v) is 3.91. The molecule has 3 heteroatoms. The molecular formula is C17H28N2S. The minimum Gasteiger partial charge on any atom is -0.369 e. The van der Waals surface area contributed by atoms with Crippen LogP contribution in [0.4, 0.5) is 5.69 Å². The van der Waals surface area contributed by atoms with Gasteiger partial charge in [0.25, 0.3) is 0 Å². The molecule has 1 N–H and O–H groups in total. The first-order valence-corrected chi connectivity index (χ1v) is 8.52. The maximum Gasteiger partial charge on any atom is 0.0367 e. The first-order chi connectivity index (χ1) is 9.33. The van der Waals surface area contributed by atoms with Crippen LogP contribution in [0.1, 0.15) is 40.2 Å². The highest BCUT2D eigenvalue weighted by Crippen LogP contribution is 2.28. The zero-order valence-electron chi connectivity index (χ0n) is 13.4. The molecule has 1 aromatic carbocycles. The summed E-state index contributed by atoms with van der Waals surface area (Å²) in [6.45, 7) is 14.5. The van der Waals surface area contributed by atoms with Crippen molar-refractivity contribution in [2.24, 2.45) is 0 Å². The zero-order chi connectivity index (χ0) is 14.8. The molecule has 2 atom stereocenters. The molecule has 0 aromatic heterocycles. The fourth-order valence-electron chi connectivity index (χ4n) is 2.58. The molecule has 1 heterocycles. The number of nitrogens with one attached hydrogen (secondary N) is 1. The zero-order valence-corrected chi connectivity index (χ0v) is 14.3. The lowest BCUT2D eigenvalue weighted by atomic mass is 10.1. The van der Waals surface area contributed by atoms with E-state index >= 15 is 0 Å². The first-order valence-electron chi connectivity index (χ1n) is 7.58. The van der Waals surface area contributed by atoms with Crippen molar-refractivity contribution in [3.05, 3.63) is 29.8 Å². The van der Waals surface area contributed by atoms with Crippen molar-refractivity contribution in [1.82, 2.24) is 5.32 Å². The number of hydrogen-bond donors (Lipinski definition) is 1. The van der Waals surface area contributed by atoms with Crippen LogP contribution >= 0.6 is 11.8 Å². The molecule has 0 amide bonds. The van der Waals surface area contributed by atoms with Crippen molar-refractivity contribution in [2.75, 3.05) is 18.0 Å². The second-order valence-corrected chi connectivity index (χ2v) is 8.81. The van der Waals surface area contributed by atoms with E-state index in [1.54, 1.807) is 0 Å². The Morgan fingerprint density at radius 1 is 1.10 bits per heavy atom. The van der Waals surface area contributed by atoms with E-state index in [9.17, 15) is 0 Å². The Bertz CT molecular complexity index is 412. The van der Waals surface area contributed by atoms with Gasteiger partial charge >= 0.3 is 0 Å². The summed E-state index contributed by atoms with van der Waals surface area (Å²) in [5.74, 6) is 0. The number of nitrogens with zero attached hydrogens (tertiary/aromatic N) is 1. The Balaban J connectivity index is 1.97. The van der Waals surface area contributed by atoms with Crippen LogP contribution in [0.25, 0.3) is 0 Å². The van der Waals surface area contributed by atoms with Crippen LogP contribution < -0.4 is 10.2 Å². The van der Waals surface area contributed by atoms with Crippen LogP contribution in [0, 0.1) is 0 Å². The second-order valence-electron chi connectivity index (χ2n) is 6.93. The Labute approximate surface area is 128 Å². The van der Waals surface area contributed by atoms with E-state index in [4.69, 9.17) is 0 Å². The third kappa shape index (κ3) is 4.71. The third-order valence-corrected chi connectivity index (χ3v) is 4.77. The van der Waals surface area contributed by atoms with E-state index < -0.39 is 0 Å². The molecule has 112 valence electrons. The Morgan fingerprint density at radius 2 is 1.65 bits per heavy atom. The van der Waals surface area contributed by atoms with Crippen molar-refractivity contribution in [3.63, 3.8) is 0 Å². The van der Waals surface area contributed by atoms with Crippen molar-refractivity contribution in [1.29, 1.82) is 0 Å². The summed E-state index contributed by atoms with van der Waals surface area (Å²) < 4.78 is 0. The van der Waals surface area contributed by atoms with E-state index in [-0.39, 0.29) is 5.54 Å². The van der Waals surface area contributed by atoms with Gasteiger partial charge in [-0.2, -0.15) is 11.8 Å². The highest BCUT2D eigenvalue weighted by molar-refractivity contribution is 8.00. The number of anilines is 1. The summed E-state index contributed by atoms with van der Waals surface area (Å²) in [5.41, 5.74) is 2.90. The summed E-state index contributed by atoms with van der Waals surface area (Å²) in [6.07, 6.45) is 0. The van der Waals surface area contributed by atoms with Gasteiger partial charge in [0.15, 0.2) is 0 Å². The second kappa shape index (κ2) is 6.40. The predicted octanol–water partition coefficient (Wildman–Crippen LogP) is 3.90. The van der Waals surface area contributed by atoms with Crippen LogP contribution in [0.2, 0.25) is 0 Å². The fraction of sp³-hybridized carbons (Fsp3) is 0.647. The normalized spacial score (nSPS) is 23.9. The number of hydrogen-bond acceptors (Lipinski definition) is 3. The van der Waals surface area contributed by atoms with Gasteiger partial charge in [0, 0.05) is 41.4 Å². The smallest absolute Gasteiger partial charge is 0.0367 e. The molecule has 0 spiro atoms. The molecule has 1 saturated heterocycles. The highest BCUT2D eigenvalue weighted by atomic mass is 32.2. The maximum atomic E-state index is 3.53. The standard InChI is InChI=1S/C17H28N2S/c1-13-11-19(12-14(2)20-13)16-8-6-15(7-9-16)10-18-17(3,4)5/h6-9,13-14,18H,10-12H2,1-5H3. The van der Waals surface area contributed by atoms with Gasteiger partial charge in [-0.25, -0.2) is 0 Å². The van der Waals surface area contributed by atoms with Gasteiger partial charge in [0.2, 0.25) is 0 Å². The van der Waals surface area contributed by atoms with Crippen molar-refractivity contribution >= 4 is 17.4 Å². The average molecular weight is 292 g/mol. The summed E-state index contributed by atoms with van der Waals surface area (Å²) in [4.78, 5) is 2.52. The van der Waals surface area contributed by atoms with Crippen molar-refractivity contribution in [2.45, 2.75) is 57.2 Å². The number of rotatable bonds is 3. The minimum atomic E-state index is 0.174. The number of thioether (sulfide) groups is 1. The van der Waals surface area contributed by atoms with Crippen LogP contribution in [0.3, 0.4) is 0 Å². The molecule has 0 saturated carbocycles. The van der Waals surface area contributed by atoms with Gasteiger partial charge in [-0.05, 0) is 38.5 Å². The topological polar surface area (TPSA) is 15.3 Å². The summed E-state index contributed by atoms with van der Waals surface area (Å²) in [6, 6.07) is 9.06. The maximum absolute atomic E-state index is 3.53. The number of benzene rings is 1. The molecule has 1 aliphatic heterocycles. The molecule has 0 radical (unpaired) electrons. The molecule has 1 aliphatic rings. The summed E-state index contributed by atoms with van der Waals surface area (Å²) in [5, 5.41) is 4.98. The average Bonchev–Trinajstić information content (AvgIpc) is 2.35. The van der Waals surface area contributed by atoms with Gasteiger partial charge in [-0.3, -0.25) is 0 Å². The van der Waals surface area contributed by atoms with Gasteiger partial charge in [-0.1, -0.05) is 26.0 Å². The third-order valence-electron chi connectivity index (χ3n) is 3.54. The molecule has 1 fully saturated rings. The lowest BCUT2D eigenvalue weighted by Crippen LogP contribution is -2.40. The van der Waals surface area contributed by atoms with Gasteiger partial charge in [0.1, 0.15) is 0 Å². The SMILES string of the molecule is CC1CN(c2ccc(CNC(C)(C)C)cc2)CC(C)S1. The van der Waals surface area contributed by atoms with Gasteiger partial charge in [0.05, 0.1) is 0 Å². The molecule has 1 aromatic rings. The molecule has 0 bridgehead atoms. The Kier molecular flexibility index (Phi) is 5.03. The van der Waals surface area contributed by atoms with E-state index in [1.807, 2.05) is 0 Å². The van der Waals surface area contributed by atoms with Crippen molar-refractivity contribution < 1.29 is 0 Å². The molecule has 2 unspecified atom stereocenters. The van der Waals surface area contributed by atoms with E-state index in [0.29, 0.717) is 0 Å². The van der Waals surface area contributed by atoms with E-state index in [2.05, 4.69) is 80.9 Å². The lowest BCUT2D eigenvalue weighted by Gasteiger charge is -2.36. The molecule has 2 nitrogen and oxygen atoms in total. The monoisotopic (exact) mass is 292 g/mol. The van der Waals surface area contributed by atoms with E-state index in [0.717, 1.165) is 30.1 Å². The lowest BCUT2D eigenvalue weighted by molar-refractivity contribution is 0.424.